The molecule has 1 amide bonds. The molecule has 0 spiro atoms. The minimum Gasteiger partial charge on any atom is -0.343 e. The standard InChI is InChI=1S/C15H20F3N3O3S/c1-20(2)12-6-7-21(9-12)25(23,24)13-5-3-4-11(8-13)14(22)19-10-15(16,17)18/h3-5,8,12H,6-7,9-10H2,1-2H3,(H,19,22)/t12-/m1/s1. The van der Waals surface area contributed by atoms with E-state index < -0.39 is 28.7 Å². The van der Waals surface area contributed by atoms with Crippen LogP contribution < -0.4 is 5.32 Å². The number of hydrogen-bond acceptors (Lipinski definition) is 4. The lowest BCUT2D eigenvalue weighted by Gasteiger charge is -2.20. The molecule has 1 heterocycles. The minimum absolute atomic E-state index is 0.105. The lowest BCUT2D eigenvalue weighted by Crippen LogP contribution is -2.35. The highest BCUT2D eigenvalue weighted by Gasteiger charge is 2.34. The Labute approximate surface area is 144 Å². The van der Waals surface area contributed by atoms with E-state index in [4.69, 9.17) is 0 Å². The van der Waals surface area contributed by atoms with Crippen LogP contribution in [-0.4, -0.2) is 69.5 Å². The fourth-order valence-electron chi connectivity index (χ4n) is 2.58. The SMILES string of the molecule is CN(C)[C@@H]1CCN(S(=O)(=O)c2cccc(C(=O)NCC(F)(F)F)c2)C1. The number of nitrogens with one attached hydrogen (secondary N) is 1. The van der Waals surface area contributed by atoms with Crippen molar-refractivity contribution in [1.82, 2.24) is 14.5 Å². The highest BCUT2D eigenvalue weighted by molar-refractivity contribution is 7.89. The van der Waals surface area contributed by atoms with Gasteiger partial charge in [-0.2, -0.15) is 17.5 Å². The number of halogens is 3. The van der Waals surface area contributed by atoms with Crippen LogP contribution in [0.15, 0.2) is 29.2 Å². The fourth-order valence-corrected chi connectivity index (χ4v) is 4.12. The molecule has 1 aliphatic rings. The number of likely N-dealkylation sites (N-methyl/N-ethyl adjacent to an activating group) is 1. The smallest absolute Gasteiger partial charge is 0.343 e. The van der Waals surface area contributed by atoms with Gasteiger partial charge in [-0.15, -0.1) is 0 Å². The van der Waals surface area contributed by atoms with Crippen molar-refractivity contribution in [3.63, 3.8) is 0 Å². The van der Waals surface area contributed by atoms with Crippen molar-refractivity contribution in [2.24, 2.45) is 0 Å². The molecular weight excluding hydrogens is 359 g/mol. The molecule has 1 aromatic carbocycles. The third-order valence-electron chi connectivity index (χ3n) is 4.04. The van der Waals surface area contributed by atoms with Crippen molar-refractivity contribution >= 4 is 15.9 Å². The zero-order valence-electron chi connectivity index (χ0n) is 13.9. The Hall–Kier alpha value is -1.65. The average Bonchev–Trinajstić information content (AvgIpc) is 3.03. The zero-order valence-corrected chi connectivity index (χ0v) is 14.7. The summed E-state index contributed by atoms with van der Waals surface area (Å²) in [6, 6.07) is 5.16. The van der Waals surface area contributed by atoms with E-state index in [2.05, 4.69) is 0 Å². The number of sulfonamides is 1. The first-order valence-corrected chi connectivity index (χ1v) is 9.06. The third-order valence-corrected chi connectivity index (χ3v) is 5.90. The number of nitrogens with zero attached hydrogens (tertiary/aromatic N) is 2. The second kappa shape index (κ2) is 7.30. The Kier molecular flexibility index (Phi) is 5.75. The van der Waals surface area contributed by atoms with Crippen LogP contribution in [0.1, 0.15) is 16.8 Å². The number of hydrogen-bond donors (Lipinski definition) is 1. The molecule has 0 aromatic heterocycles. The lowest BCUT2D eigenvalue weighted by molar-refractivity contribution is -0.123. The summed E-state index contributed by atoms with van der Waals surface area (Å²) in [5, 5.41) is 1.73. The summed E-state index contributed by atoms with van der Waals surface area (Å²) in [5.74, 6) is -0.970. The van der Waals surface area contributed by atoms with Gasteiger partial charge in [-0.1, -0.05) is 6.07 Å². The van der Waals surface area contributed by atoms with Gasteiger partial charge in [-0.05, 0) is 38.7 Å². The minimum atomic E-state index is -4.53. The van der Waals surface area contributed by atoms with E-state index in [1.807, 2.05) is 19.0 Å². The molecule has 25 heavy (non-hydrogen) atoms. The maximum absolute atomic E-state index is 12.7. The molecule has 6 nitrogen and oxygen atoms in total. The molecule has 0 saturated carbocycles. The fraction of sp³-hybridized carbons (Fsp3) is 0.533. The molecular formula is C15H20F3N3O3S. The largest absolute Gasteiger partial charge is 0.405 e. The van der Waals surface area contributed by atoms with Crippen LogP contribution in [0.25, 0.3) is 0 Å². The van der Waals surface area contributed by atoms with E-state index in [9.17, 15) is 26.4 Å². The predicted octanol–water partition coefficient (Wildman–Crippen LogP) is 1.30. The number of rotatable bonds is 5. The molecule has 1 atom stereocenters. The average molecular weight is 379 g/mol. The van der Waals surface area contributed by atoms with Crippen molar-refractivity contribution in [3.05, 3.63) is 29.8 Å². The summed E-state index contributed by atoms with van der Waals surface area (Å²) in [7, 11) is -0.0652. The summed E-state index contributed by atoms with van der Waals surface area (Å²) >= 11 is 0. The van der Waals surface area contributed by atoms with E-state index in [0.717, 1.165) is 6.07 Å². The number of alkyl halides is 3. The monoisotopic (exact) mass is 379 g/mol. The molecule has 10 heteroatoms. The van der Waals surface area contributed by atoms with Crippen molar-refractivity contribution < 1.29 is 26.4 Å². The molecule has 0 bridgehead atoms. The van der Waals surface area contributed by atoms with Crippen molar-refractivity contribution in [3.8, 4) is 0 Å². The molecule has 0 unspecified atom stereocenters. The van der Waals surface area contributed by atoms with Crippen LogP contribution in [0.2, 0.25) is 0 Å². The molecule has 1 fully saturated rings. The first-order valence-electron chi connectivity index (χ1n) is 7.62. The van der Waals surface area contributed by atoms with E-state index in [1.165, 1.54) is 22.5 Å². The Morgan fingerprint density at radius 1 is 1.36 bits per heavy atom. The van der Waals surface area contributed by atoms with Gasteiger partial charge in [0.15, 0.2) is 0 Å². The van der Waals surface area contributed by atoms with E-state index in [0.29, 0.717) is 19.5 Å². The summed E-state index contributed by atoms with van der Waals surface area (Å²) in [6.07, 6.45) is -3.84. The number of amides is 1. The van der Waals surface area contributed by atoms with Gasteiger partial charge >= 0.3 is 6.18 Å². The van der Waals surface area contributed by atoms with Crippen LogP contribution >= 0.6 is 0 Å². The molecule has 1 aliphatic heterocycles. The van der Waals surface area contributed by atoms with Gasteiger partial charge < -0.3 is 10.2 Å². The number of carbonyl (C=O) groups is 1. The molecule has 1 saturated heterocycles. The van der Waals surface area contributed by atoms with Gasteiger partial charge in [-0.25, -0.2) is 8.42 Å². The van der Waals surface area contributed by atoms with Crippen LogP contribution in [0.3, 0.4) is 0 Å². The summed E-state index contributed by atoms with van der Waals surface area (Å²) in [4.78, 5) is 13.6. The normalized spacial score (nSPS) is 19.4. The maximum atomic E-state index is 12.7. The highest BCUT2D eigenvalue weighted by atomic mass is 32.2. The molecule has 1 aromatic rings. The second-order valence-electron chi connectivity index (χ2n) is 6.09. The number of benzene rings is 1. The second-order valence-corrected chi connectivity index (χ2v) is 8.03. The summed E-state index contributed by atoms with van der Waals surface area (Å²) in [6.45, 7) is -0.783. The van der Waals surface area contributed by atoms with E-state index in [-0.39, 0.29) is 16.5 Å². The highest BCUT2D eigenvalue weighted by Crippen LogP contribution is 2.23. The molecule has 1 N–H and O–H groups in total. The zero-order chi connectivity index (χ0) is 18.8. The Morgan fingerprint density at radius 3 is 2.60 bits per heavy atom. The van der Waals surface area contributed by atoms with Gasteiger partial charge in [0.2, 0.25) is 10.0 Å². The van der Waals surface area contributed by atoms with Gasteiger partial charge in [0.05, 0.1) is 4.90 Å². The summed E-state index contributed by atoms with van der Waals surface area (Å²) in [5.41, 5.74) is -0.131. The van der Waals surface area contributed by atoms with Gasteiger partial charge in [-0.3, -0.25) is 4.79 Å². The maximum Gasteiger partial charge on any atom is 0.405 e. The van der Waals surface area contributed by atoms with Crippen LogP contribution in [0, 0.1) is 0 Å². The van der Waals surface area contributed by atoms with Crippen LogP contribution in [0.5, 0.6) is 0 Å². The molecule has 0 aliphatic carbocycles. The van der Waals surface area contributed by atoms with Crippen LogP contribution in [-0.2, 0) is 10.0 Å². The molecule has 0 radical (unpaired) electrons. The lowest BCUT2D eigenvalue weighted by atomic mass is 10.2. The first-order chi connectivity index (χ1) is 11.5. The molecule has 140 valence electrons. The van der Waals surface area contributed by atoms with E-state index >= 15 is 0 Å². The van der Waals surface area contributed by atoms with Gasteiger partial charge in [0, 0.05) is 24.7 Å². The molecule has 2 rings (SSSR count). The van der Waals surface area contributed by atoms with Crippen molar-refractivity contribution in [2.75, 3.05) is 33.7 Å². The number of carbonyl (C=O) groups excluding carboxylic acids is 1. The first kappa shape index (κ1) is 19.7. The summed E-state index contributed by atoms with van der Waals surface area (Å²) < 4.78 is 63.3. The predicted molar refractivity (Wildman–Crippen MR) is 85.7 cm³/mol. The third kappa shape index (κ3) is 4.93. The Bertz CT molecular complexity index is 735. The Balaban J connectivity index is 2.16. The van der Waals surface area contributed by atoms with E-state index in [1.54, 1.807) is 5.32 Å². The van der Waals surface area contributed by atoms with Gasteiger partial charge in [0.1, 0.15) is 6.54 Å². The topological polar surface area (TPSA) is 69.7 Å². The quantitative estimate of drug-likeness (QED) is 0.837. The van der Waals surface area contributed by atoms with Crippen molar-refractivity contribution in [1.29, 1.82) is 0 Å². The van der Waals surface area contributed by atoms with Crippen molar-refractivity contribution in [2.45, 2.75) is 23.5 Å². The van der Waals surface area contributed by atoms with Gasteiger partial charge in [0.25, 0.3) is 5.91 Å². The van der Waals surface area contributed by atoms with Crippen LogP contribution in [0.4, 0.5) is 13.2 Å². The Morgan fingerprint density at radius 2 is 2.04 bits per heavy atom.